The van der Waals surface area contributed by atoms with Crippen LogP contribution in [-0.4, -0.2) is 20.8 Å². The van der Waals surface area contributed by atoms with E-state index < -0.39 is 5.25 Å². The van der Waals surface area contributed by atoms with Gasteiger partial charge in [0.2, 0.25) is 11.1 Å². The highest BCUT2D eigenvalue weighted by Crippen LogP contribution is 2.36. The number of amides is 1. The van der Waals surface area contributed by atoms with Crippen molar-refractivity contribution in [2.24, 2.45) is 0 Å². The fourth-order valence-corrected chi connectivity index (χ4v) is 4.19. The van der Waals surface area contributed by atoms with E-state index in [1.165, 1.54) is 28.6 Å². The maximum atomic E-state index is 13.3. The first-order valence-electron chi connectivity index (χ1n) is 9.98. The molecule has 8 heteroatoms. The van der Waals surface area contributed by atoms with Crippen molar-refractivity contribution in [1.29, 1.82) is 0 Å². The lowest BCUT2D eigenvalue weighted by Crippen LogP contribution is -2.21. The van der Waals surface area contributed by atoms with Crippen molar-refractivity contribution in [1.82, 2.24) is 14.9 Å². The van der Waals surface area contributed by atoms with E-state index in [-0.39, 0.29) is 11.7 Å². The Morgan fingerprint density at radius 1 is 1.03 bits per heavy atom. The monoisotopic (exact) mass is 447 g/mol. The number of rotatable bonds is 6. The average Bonchev–Trinajstić information content (AvgIpc) is 3.15. The van der Waals surface area contributed by atoms with E-state index in [1.54, 1.807) is 12.1 Å². The van der Waals surface area contributed by atoms with Gasteiger partial charge in [-0.05, 0) is 60.9 Å². The van der Waals surface area contributed by atoms with Gasteiger partial charge in [-0.2, -0.15) is 0 Å². The van der Waals surface area contributed by atoms with Gasteiger partial charge in [-0.25, -0.2) is 9.07 Å². The smallest absolute Gasteiger partial charge is 0.242 e. The molecule has 1 unspecified atom stereocenters. The zero-order valence-corrected chi connectivity index (χ0v) is 18.4. The number of halogens is 1. The largest absolute Gasteiger partial charge is 0.335 e. The SMILES string of the molecule is Cc1ccc(C)c(NC(=O)C(Sc2nnc(-c3ccc(F)cc3)n2N)c2ccccc2)c1. The number of aryl methyl sites for hydroxylation is 2. The first-order chi connectivity index (χ1) is 15.4. The molecule has 0 aliphatic heterocycles. The molecule has 1 aromatic heterocycles. The molecule has 4 aromatic rings. The normalized spacial score (nSPS) is 11.8. The predicted octanol–water partition coefficient (Wildman–Crippen LogP) is 4.89. The Hall–Kier alpha value is -3.65. The van der Waals surface area contributed by atoms with Crippen LogP contribution in [0.4, 0.5) is 10.1 Å². The summed E-state index contributed by atoms with van der Waals surface area (Å²) >= 11 is 1.20. The van der Waals surface area contributed by atoms with Gasteiger partial charge in [0.15, 0.2) is 5.82 Å². The Morgan fingerprint density at radius 3 is 2.47 bits per heavy atom. The second kappa shape index (κ2) is 9.23. The number of anilines is 1. The van der Waals surface area contributed by atoms with Crippen LogP contribution in [0.5, 0.6) is 0 Å². The summed E-state index contributed by atoms with van der Waals surface area (Å²) in [4.78, 5) is 13.3. The molecule has 0 aliphatic carbocycles. The van der Waals surface area contributed by atoms with Crippen molar-refractivity contribution >= 4 is 23.4 Å². The molecule has 0 radical (unpaired) electrons. The van der Waals surface area contributed by atoms with E-state index in [1.807, 2.05) is 62.4 Å². The van der Waals surface area contributed by atoms with Crippen molar-refractivity contribution in [2.45, 2.75) is 24.3 Å². The van der Waals surface area contributed by atoms with E-state index in [4.69, 9.17) is 5.84 Å². The second-order valence-corrected chi connectivity index (χ2v) is 8.47. The van der Waals surface area contributed by atoms with Crippen molar-refractivity contribution in [3.05, 3.63) is 95.3 Å². The molecule has 3 aromatic carbocycles. The number of carbonyl (C=O) groups is 1. The summed E-state index contributed by atoms with van der Waals surface area (Å²) in [5.41, 5.74) is 4.23. The molecule has 4 rings (SSSR count). The third-order valence-corrected chi connectivity index (χ3v) is 6.19. The molecule has 0 saturated heterocycles. The number of hydrogen-bond acceptors (Lipinski definition) is 5. The average molecular weight is 448 g/mol. The maximum absolute atomic E-state index is 13.3. The zero-order valence-electron chi connectivity index (χ0n) is 17.6. The van der Waals surface area contributed by atoms with Crippen molar-refractivity contribution in [3.8, 4) is 11.4 Å². The van der Waals surface area contributed by atoms with E-state index in [0.717, 1.165) is 22.4 Å². The topological polar surface area (TPSA) is 85.8 Å². The summed E-state index contributed by atoms with van der Waals surface area (Å²) in [6.45, 7) is 3.93. The van der Waals surface area contributed by atoms with Crippen LogP contribution in [0.3, 0.4) is 0 Å². The summed E-state index contributed by atoms with van der Waals surface area (Å²) in [7, 11) is 0. The second-order valence-electron chi connectivity index (χ2n) is 7.40. The highest BCUT2D eigenvalue weighted by atomic mass is 32.2. The lowest BCUT2D eigenvalue weighted by Gasteiger charge is -2.17. The number of nitrogens with two attached hydrogens (primary N) is 1. The fraction of sp³-hybridized carbons (Fsp3) is 0.125. The van der Waals surface area contributed by atoms with Gasteiger partial charge in [0.1, 0.15) is 11.1 Å². The Morgan fingerprint density at radius 2 is 1.75 bits per heavy atom. The molecule has 0 spiro atoms. The Kier molecular flexibility index (Phi) is 6.23. The number of carbonyl (C=O) groups excluding carboxylic acids is 1. The molecule has 0 saturated carbocycles. The fourth-order valence-electron chi connectivity index (χ4n) is 3.23. The predicted molar refractivity (Wildman–Crippen MR) is 125 cm³/mol. The molecule has 1 atom stereocenters. The van der Waals surface area contributed by atoms with Gasteiger partial charge in [-0.3, -0.25) is 4.79 Å². The number of nitrogens with zero attached hydrogens (tertiary/aromatic N) is 3. The third kappa shape index (κ3) is 4.65. The molecule has 6 nitrogen and oxygen atoms in total. The Labute approximate surface area is 189 Å². The maximum Gasteiger partial charge on any atom is 0.242 e. The third-order valence-electron chi connectivity index (χ3n) is 4.98. The minimum absolute atomic E-state index is 0.193. The van der Waals surface area contributed by atoms with E-state index in [2.05, 4.69) is 15.5 Å². The standard InChI is InChI=1S/C24H22FN5OS/c1-15-8-9-16(2)20(14-15)27-23(31)21(17-6-4-3-5-7-17)32-24-29-28-22(30(24)26)18-10-12-19(25)13-11-18/h3-14,21H,26H2,1-2H3,(H,27,31). The van der Waals surface area contributed by atoms with Crippen LogP contribution in [-0.2, 0) is 4.79 Å². The van der Waals surface area contributed by atoms with Gasteiger partial charge < -0.3 is 11.2 Å². The van der Waals surface area contributed by atoms with Crippen molar-refractivity contribution in [2.75, 3.05) is 11.2 Å². The number of thioether (sulfide) groups is 1. The van der Waals surface area contributed by atoms with Crippen LogP contribution in [0.2, 0.25) is 0 Å². The van der Waals surface area contributed by atoms with Gasteiger partial charge >= 0.3 is 0 Å². The molecule has 0 aliphatic rings. The number of aromatic nitrogens is 3. The number of benzene rings is 3. The molecule has 0 fully saturated rings. The molecular formula is C24H22FN5OS. The summed E-state index contributed by atoms with van der Waals surface area (Å²) in [6.07, 6.45) is 0. The molecule has 1 amide bonds. The van der Waals surface area contributed by atoms with Gasteiger partial charge in [-0.1, -0.05) is 54.2 Å². The Bertz CT molecular complexity index is 1240. The van der Waals surface area contributed by atoms with Gasteiger partial charge in [0.25, 0.3) is 0 Å². The highest BCUT2D eigenvalue weighted by molar-refractivity contribution is 8.00. The first kappa shape index (κ1) is 21.6. The molecule has 1 heterocycles. The van der Waals surface area contributed by atoms with Gasteiger partial charge in [0.05, 0.1) is 0 Å². The number of nitrogen functional groups attached to an aromatic ring is 1. The molecule has 32 heavy (non-hydrogen) atoms. The highest BCUT2D eigenvalue weighted by Gasteiger charge is 2.26. The van der Waals surface area contributed by atoms with Crippen LogP contribution in [0.25, 0.3) is 11.4 Å². The minimum atomic E-state index is -0.608. The quantitative estimate of drug-likeness (QED) is 0.325. The first-order valence-corrected chi connectivity index (χ1v) is 10.9. The zero-order chi connectivity index (χ0) is 22.7. The van der Waals surface area contributed by atoms with E-state index >= 15 is 0 Å². The molecule has 3 N–H and O–H groups in total. The van der Waals surface area contributed by atoms with Crippen LogP contribution in [0.1, 0.15) is 21.9 Å². The summed E-state index contributed by atoms with van der Waals surface area (Å²) < 4.78 is 14.6. The lowest BCUT2D eigenvalue weighted by atomic mass is 10.1. The Balaban J connectivity index is 1.64. The minimum Gasteiger partial charge on any atom is -0.335 e. The summed E-state index contributed by atoms with van der Waals surface area (Å²) in [5.74, 6) is 6.08. The molecule has 0 bridgehead atoms. The van der Waals surface area contributed by atoms with Crippen molar-refractivity contribution in [3.63, 3.8) is 0 Å². The molecular weight excluding hydrogens is 425 g/mol. The lowest BCUT2D eigenvalue weighted by molar-refractivity contribution is -0.115. The van der Waals surface area contributed by atoms with Crippen LogP contribution < -0.4 is 11.2 Å². The van der Waals surface area contributed by atoms with Crippen LogP contribution in [0.15, 0.2) is 78.0 Å². The van der Waals surface area contributed by atoms with Crippen LogP contribution >= 0.6 is 11.8 Å². The van der Waals surface area contributed by atoms with E-state index in [0.29, 0.717) is 16.5 Å². The van der Waals surface area contributed by atoms with Gasteiger partial charge in [0, 0.05) is 11.3 Å². The number of nitrogens with one attached hydrogen (secondary N) is 1. The molecule has 162 valence electrons. The van der Waals surface area contributed by atoms with Crippen molar-refractivity contribution < 1.29 is 9.18 Å². The van der Waals surface area contributed by atoms with Gasteiger partial charge in [-0.15, -0.1) is 10.2 Å². The van der Waals surface area contributed by atoms with Crippen LogP contribution in [0, 0.1) is 19.7 Å². The number of hydrogen-bond donors (Lipinski definition) is 2. The summed E-state index contributed by atoms with van der Waals surface area (Å²) in [5, 5.41) is 11.1. The van der Waals surface area contributed by atoms with E-state index in [9.17, 15) is 9.18 Å². The summed E-state index contributed by atoms with van der Waals surface area (Å²) in [6, 6.07) is 21.2.